The van der Waals surface area contributed by atoms with Crippen LogP contribution in [0.3, 0.4) is 0 Å². The Kier molecular flexibility index (Phi) is 4.97. The van der Waals surface area contributed by atoms with Crippen molar-refractivity contribution in [3.8, 4) is 5.82 Å². The molecule has 0 atom stereocenters. The number of rotatable bonds is 4. The second-order valence-corrected chi connectivity index (χ2v) is 7.02. The molecule has 0 bridgehead atoms. The maximum absolute atomic E-state index is 13.1. The molecular formula is C21H23N5O2. The van der Waals surface area contributed by atoms with Gasteiger partial charge in [0.1, 0.15) is 11.4 Å². The van der Waals surface area contributed by atoms with Crippen LogP contribution in [-0.2, 0) is 11.8 Å². The van der Waals surface area contributed by atoms with Crippen LogP contribution in [0.1, 0.15) is 23.2 Å². The topological polar surface area (TPSA) is 72.2 Å². The van der Waals surface area contributed by atoms with Gasteiger partial charge in [-0.1, -0.05) is 18.2 Å². The summed E-state index contributed by atoms with van der Waals surface area (Å²) >= 11 is 0. The van der Waals surface area contributed by atoms with Crippen molar-refractivity contribution < 1.29 is 9.59 Å². The molecule has 2 aromatic heterocycles. The van der Waals surface area contributed by atoms with Crippen molar-refractivity contribution in [1.29, 1.82) is 0 Å². The van der Waals surface area contributed by atoms with Gasteiger partial charge in [-0.3, -0.25) is 14.3 Å². The fraction of sp³-hybridized carbons (Fsp3) is 0.286. The molecule has 0 radical (unpaired) electrons. The summed E-state index contributed by atoms with van der Waals surface area (Å²) in [5.41, 5.74) is 1.38. The van der Waals surface area contributed by atoms with Gasteiger partial charge in [0.15, 0.2) is 0 Å². The first-order valence-electron chi connectivity index (χ1n) is 9.44. The number of likely N-dealkylation sites (tertiary alicyclic amines) is 1. The van der Waals surface area contributed by atoms with Gasteiger partial charge in [0.05, 0.1) is 6.20 Å². The highest BCUT2D eigenvalue weighted by Gasteiger charge is 2.30. The van der Waals surface area contributed by atoms with E-state index in [2.05, 4.69) is 10.4 Å². The van der Waals surface area contributed by atoms with E-state index in [-0.39, 0.29) is 17.7 Å². The lowest BCUT2D eigenvalue weighted by Gasteiger charge is -2.31. The van der Waals surface area contributed by atoms with Crippen LogP contribution in [0.2, 0.25) is 0 Å². The van der Waals surface area contributed by atoms with Crippen molar-refractivity contribution >= 4 is 17.5 Å². The van der Waals surface area contributed by atoms with E-state index >= 15 is 0 Å². The quantitative estimate of drug-likeness (QED) is 0.760. The van der Waals surface area contributed by atoms with E-state index in [4.69, 9.17) is 0 Å². The van der Waals surface area contributed by atoms with Crippen molar-refractivity contribution in [3.63, 3.8) is 0 Å². The van der Waals surface area contributed by atoms with Gasteiger partial charge in [-0.05, 0) is 37.1 Å². The minimum absolute atomic E-state index is 0.0210. The Morgan fingerprint density at radius 2 is 1.71 bits per heavy atom. The van der Waals surface area contributed by atoms with E-state index in [0.717, 1.165) is 11.5 Å². The van der Waals surface area contributed by atoms with E-state index in [1.54, 1.807) is 10.9 Å². The number of hydrogen-bond donors (Lipinski definition) is 1. The van der Waals surface area contributed by atoms with Gasteiger partial charge in [-0.25, -0.2) is 0 Å². The Morgan fingerprint density at radius 1 is 1.04 bits per heavy atom. The van der Waals surface area contributed by atoms with E-state index in [0.29, 0.717) is 31.5 Å². The zero-order valence-electron chi connectivity index (χ0n) is 15.8. The third-order valence-corrected chi connectivity index (χ3v) is 5.18. The van der Waals surface area contributed by atoms with E-state index in [9.17, 15) is 9.59 Å². The van der Waals surface area contributed by atoms with Crippen LogP contribution in [-0.4, -0.2) is 44.2 Å². The summed E-state index contributed by atoms with van der Waals surface area (Å²) in [6, 6.07) is 13.3. The van der Waals surface area contributed by atoms with E-state index < -0.39 is 0 Å². The Morgan fingerprint density at radius 3 is 2.39 bits per heavy atom. The number of para-hydroxylation sites is 1. The number of carbonyl (C=O) groups is 2. The lowest BCUT2D eigenvalue weighted by molar-refractivity contribution is -0.121. The molecule has 1 aliphatic heterocycles. The lowest BCUT2D eigenvalue weighted by Crippen LogP contribution is -2.41. The minimum atomic E-state index is -0.0814. The first-order valence-corrected chi connectivity index (χ1v) is 9.44. The first-order chi connectivity index (χ1) is 13.6. The largest absolute Gasteiger partial charge is 0.338 e. The Labute approximate surface area is 163 Å². The van der Waals surface area contributed by atoms with Crippen LogP contribution in [0.15, 0.2) is 61.1 Å². The van der Waals surface area contributed by atoms with Gasteiger partial charge in [0.2, 0.25) is 5.91 Å². The fourth-order valence-electron chi connectivity index (χ4n) is 3.64. The van der Waals surface area contributed by atoms with Crippen LogP contribution >= 0.6 is 0 Å². The van der Waals surface area contributed by atoms with Gasteiger partial charge in [0.25, 0.3) is 5.91 Å². The van der Waals surface area contributed by atoms with Crippen molar-refractivity contribution in [2.45, 2.75) is 12.8 Å². The molecule has 0 aliphatic carbocycles. The standard InChI is InChI=1S/C21H23N5O2/c1-24-20(25-11-5-6-12-25)18(15-22-24)21(28)26-13-9-16(10-14-26)19(27)23-17-7-3-2-4-8-17/h2-8,11-12,15-16H,9-10,13-14H2,1H3,(H,23,27). The number of anilines is 1. The van der Waals surface area contributed by atoms with Crippen molar-refractivity contribution in [1.82, 2.24) is 19.2 Å². The van der Waals surface area contributed by atoms with Crippen molar-refractivity contribution in [2.24, 2.45) is 13.0 Å². The SMILES string of the molecule is Cn1ncc(C(=O)N2CCC(C(=O)Nc3ccccc3)CC2)c1-n1cccc1. The summed E-state index contributed by atoms with van der Waals surface area (Å²) in [5.74, 6) is 0.646. The number of aromatic nitrogens is 3. The van der Waals surface area contributed by atoms with E-state index in [1.165, 1.54) is 0 Å². The van der Waals surface area contributed by atoms with Gasteiger partial charge >= 0.3 is 0 Å². The summed E-state index contributed by atoms with van der Waals surface area (Å²) in [6.07, 6.45) is 6.72. The Bertz CT molecular complexity index is 954. The highest BCUT2D eigenvalue weighted by atomic mass is 16.2. The highest BCUT2D eigenvalue weighted by Crippen LogP contribution is 2.23. The highest BCUT2D eigenvalue weighted by molar-refractivity contribution is 5.97. The molecule has 1 saturated heterocycles. The maximum atomic E-state index is 13.1. The average Bonchev–Trinajstić information content (AvgIpc) is 3.37. The number of nitrogens with one attached hydrogen (secondary N) is 1. The summed E-state index contributed by atoms with van der Waals surface area (Å²) in [5, 5.41) is 7.22. The summed E-state index contributed by atoms with van der Waals surface area (Å²) in [4.78, 5) is 27.4. The van der Waals surface area contributed by atoms with Gasteiger partial charge < -0.3 is 14.8 Å². The molecule has 3 heterocycles. The van der Waals surface area contributed by atoms with Crippen LogP contribution in [0.25, 0.3) is 5.82 Å². The molecule has 3 aromatic rings. The van der Waals surface area contributed by atoms with E-state index in [1.807, 2.05) is 71.4 Å². The summed E-state index contributed by atoms with van der Waals surface area (Å²) < 4.78 is 3.59. The summed E-state index contributed by atoms with van der Waals surface area (Å²) in [6.45, 7) is 1.12. The number of amides is 2. The fourth-order valence-corrected chi connectivity index (χ4v) is 3.64. The number of hydrogen-bond acceptors (Lipinski definition) is 3. The average molecular weight is 377 g/mol. The Hall–Kier alpha value is -3.35. The van der Waals surface area contributed by atoms with Crippen molar-refractivity contribution in [2.75, 3.05) is 18.4 Å². The molecule has 1 aromatic carbocycles. The van der Waals surface area contributed by atoms with Crippen LogP contribution in [0.4, 0.5) is 5.69 Å². The molecule has 28 heavy (non-hydrogen) atoms. The molecule has 1 aliphatic rings. The molecule has 1 fully saturated rings. The predicted octanol–water partition coefficient (Wildman–Crippen LogP) is 2.70. The number of carbonyl (C=O) groups excluding carboxylic acids is 2. The van der Waals surface area contributed by atoms with Crippen molar-refractivity contribution in [3.05, 3.63) is 66.6 Å². The van der Waals surface area contributed by atoms with Crippen LogP contribution < -0.4 is 5.32 Å². The normalized spacial score (nSPS) is 14.8. The molecule has 1 N–H and O–H groups in total. The number of benzene rings is 1. The third-order valence-electron chi connectivity index (χ3n) is 5.18. The molecule has 0 saturated carbocycles. The lowest BCUT2D eigenvalue weighted by atomic mass is 9.95. The number of piperidine rings is 1. The molecule has 7 heteroatoms. The first kappa shape index (κ1) is 18.0. The smallest absolute Gasteiger partial charge is 0.259 e. The molecule has 0 unspecified atom stereocenters. The molecule has 0 spiro atoms. The monoisotopic (exact) mass is 377 g/mol. The predicted molar refractivity (Wildman–Crippen MR) is 106 cm³/mol. The van der Waals surface area contributed by atoms with Gasteiger partial charge in [-0.15, -0.1) is 0 Å². The Balaban J connectivity index is 1.41. The number of aryl methyl sites for hydroxylation is 1. The molecular weight excluding hydrogens is 354 g/mol. The minimum Gasteiger partial charge on any atom is -0.338 e. The molecule has 4 rings (SSSR count). The zero-order valence-corrected chi connectivity index (χ0v) is 15.8. The van der Waals surface area contributed by atoms with Crippen LogP contribution in [0.5, 0.6) is 0 Å². The molecule has 2 amide bonds. The number of nitrogens with zero attached hydrogens (tertiary/aromatic N) is 4. The van der Waals surface area contributed by atoms with Crippen LogP contribution in [0, 0.1) is 5.92 Å². The molecule has 7 nitrogen and oxygen atoms in total. The summed E-state index contributed by atoms with van der Waals surface area (Å²) in [7, 11) is 1.83. The second-order valence-electron chi connectivity index (χ2n) is 7.02. The third kappa shape index (κ3) is 3.55. The van der Waals surface area contributed by atoms with Gasteiger partial charge in [-0.2, -0.15) is 5.10 Å². The molecule has 144 valence electrons. The zero-order chi connectivity index (χ0) is 19.5. The second kappa shape index (κ2) is 7.72. The van der Waals surface area contributed by atoms with Gasteiger partial charge in [0, 0.05) is 44.1 Å². The maximum Gasteiger partial charge on any atom is 0.259 e.